The van der Waals surface area contributed by atoms with E-state index in [2.05, 4.69) is 10.3 Å². The van der Waals surface area contributed by atoms with Gasteiger partial charge in [-0.1, -0.05) is 0 Å². The lowest BCUT2D eigenvalue weighted by atomic mass is 10.2. The monoisotopic (exact) mass is 318 g/mol. The lowest BCUT2D eigenvalue weighted by Crippen LogP contribution is -2.33. The zero-order chi connectivity index (χ0) is 16.6. The van der Waals surface area contributed by atoms with Crippen LogP contribution in [0.25, 0.3) is 11.0 Å². The van der Waals surface area contributed by atoms with Gasteiger partial charge in [0.1, 0.15) is 6.10 Å². The third-order valence-corrected chi connectivity index (χ3v) is 3.84. The Labute approximate surface area is 132 Å². The Balaban J connectivity index is 1.84. The molecule has 1 aromatic heterocycles. The summed E-state index contributed by atoms with van der Waals surface area (Å²) >= 11 is 0. The molecule has 8 heteroatoms. The van der Waals surface area contributed by atoms with Crippen LogP contribution in [-0.4, -0.2) is 40.7 Å². The largest absolute Gasteiger partial charge is 0.442 e. The number of nitrogens with zero attached hydrogens (tertiary/aromatic N) is 2. The molecule has 2 heterocycles. The number of cyclic esters (lactones) is 1. The molecule has 2 N–H and O–H groups in total. The summed E-state index contributed by atoms with van der Waals surface area (Å²) in [5, 5.41) is 2.63. The van der Waals surface area contributed by atoms with Crippen molar-refractivity contribution in [2.75, 3.05) is 18.0 Å². The summed E-state index contributed by atoms with van der Waals surface area (Å²) in [6, 6.07) is 5.34. The van der Waals surface area contributed by atoms with E-state index < -0.39 is 6.09 Å². The molecule has 8 nitrogen and oxygen atoms in total. The third kappa shape index (κ3) is 2.79. The molecule has 1 aliphatic rings. The third-order valence-electron chi connectivity index (χ3n) is 3.84. The number of anilines is 1. The van der Waals surface area contributed by atoms with Crippen molar-refractivity contribution in [2.24, 2.45) is 0 Å². The van der Waals surface area contributed by atoms with Crippen LogP contribution in [0, 0.1) is 0 Å². The van der Waals surface area contributed by atoms with Crippen LogP contribution >= 0.6 is 0 Å². The highest BCUT2D eigenvalue weighted by atomic mass is 16.6. The molecule has 1 fully saturated rings. The molecule has 1 aliphatic heterocycles. The summed E-state index contributed by atoms with van der Waals surface area (Å²) in [6.45, 7) is 4.51. The van der Waals surface area contributed by atoms with Crippen LogP contribution in [-0.2, 0) is 16.1 Å². The topological polar surface area (TPSA) is 96.4 Å². The van der Waals surface area contributed by atoms with E-state index in [0.717, 1.165) is 5.52 Å². The fourth-order valence-corrected chi connectivity index (χ4v) is 2.73. The molecule has 0 spiro atoms. The van der Waals surface area contributed by atoms with Crippen LogP contribution in [0.3, 0.4) is 0 Å². The lowest BCUT2D eigenvalue weighted by molar-refractivity contribution is -0.119. The van der Waals surface area contributed by atoms with Crippen LogP contribution in [0.4, 0.5) is 10.5 Å². The number of aromatic amines is 1. The summed E-state index contributed by atoms with van der Waals surface area (Å²) < 4.78 is 6.86. The highest BCUT2D eigenvalue weighted by molar-refractivity contribution is 5.92. The molecule has 0 saturated carbocycles. The molecule has 2 aromatic rings. The normalized spacial score (nSPS) is 17.6. The molecule has 1 aromatic carbocycles. The van der Waals surface area contributed by atoms with Gasteiger partial charge >= 0.3 is 11.8 Å². The SMILES string of the molecule is CCn1c(=O)[nH]c2cc(N3C[C@H](CNC(C)=O)OC3=O)ccc21. The minimum atomic E-state index is -0.461. The van der Waals surface area contributed by atoms with Crippen molar-refractivity contribution in [3.05, 3.63) is 28.7 Å². The fraction of sp³-hybridized carbons (Fsp3) is 0.400. The second-order valence-corrected chi connectivity index (χ2v) is 5.43. The number of nitrogens with one attached hydrogen (secondary N) is 2. The number of fused-ring (bicyclic) bond motifs is 1. The van der Waals surface area contributed by atoms with Crippen molar-refractivity contribution in [1.29, 1.82) is 0 Å². The number of ether oxygens (including phenoxy) is 1. The average Bonchev–Trinajstić information content (AvgIpc) is 3.03. The maximum Gasteiger partial charge on any atom is 0.414 e. The van der Waals surface area contributed by atoms with Crippen molar-refractivity contribution in [3.8, 4) is 0 Å². The molecule has 2 amide bonds. The Hall–Kier alpha value is -2.77. The van der Waals surface area contributed by atoms with Crippen LogP contribution in [0.2, 0.25) is 0 Å². The Bertz CT molecular complexity index is 822. The molecule has 122 valence electrons. The average molecular weight is 318 g/mol. The van der Waals surface area contributed by atoms with Gasteiger partial charge in [-0.05, 0) is 25.1 Å². The van der Waals surface area contributed by atoms with Crippen LogP contribution < -0.4 is 15.9 Å². The highest BCUT2D eigenvalue weighted by Crippen LogP contribution is 2.24. The van der Waals surface area contributed by atoms with Crippen molar-refractivity contribution in [3.63, 3.8) is 0 Å². The van der Waals surface area contributed by atoms with Crippen molar-refractivity contribution < 1.29 is 14.3 Å². The van der Waals surface area contributed by atoms with Gasteiger partial charge in [-0.25, -0.2) is 9.59 Å². The maximum atomic E-state index is 12.0. The summed E-state index contributed by atoms with van der Waals surface area (Å²) in [7, 11) is 0. The van der Waals surface area contributed by atoms with Gasteiger partial charge in [0.2, 0.25) is 5.91 Å². The number of imidazole rings is 1. The minimum absolute atomic E-state index is 0.167. The van der Waals surface area contributed by atoms with E-state index in [1.807, 2.05) is 6.92 Å². The summed E-state index contributed by atoms with van der Waals surface area (Å²) in [5.74, 6) is -0.167. The Morgan fingerprint density at radius 3 is 2.91 bits per heavy atom. The zero-order valence-electron chi connectivity index (χ0n) is 13.0. The van der Waals surface area contributed by atoms with Gasteiger partial charge in [-0.3, -0.25) is 14.3 Å². The molecule has 0 aliphatic carbocycles. The number of benzene rings is 1. The summed E-state index contributed by atoms with van der Waals surface area (Å²) in [4.78, 5) is 39.1. The van der Waals surface area contributed by atoms with E-state index in [1.54, 1.807) is 22.8 Å². The maximum absolute atomic E-state index is 12.0. The first-order chi connectivity index (χ1) is 11.0. The molecule has 23 heavy (non-hydrogen) atoms. The second-order valence-electron chi connectivity index (χ2n) is 5.43. The number of aromatic nitrogens is 2. The van der Waals surface area contributed by atoms with Crippen LogP contribution in [0.5, 0.6) is 0 Å². The van der Waals surface area contributed by atoms with E-state index in [4.69, 9.17) is 4.74 Å². The minimum Gasteiger partial charge on any atom is -0.442 e. The van der Waals surface area contributed by atoms with Gasteiger partial charge in [0, 0.05) is 19.2 Å². The standard InChI is InChI=1S/C15H18N4O4/c1-3-18-13-5-4-10(6-12(13)17-14(18)21)19-8-11(23-15(19)22)7-16-9(2)20/h4-6,11H,3,7-8H2,1-2H3,(H,16,20)(H,17,21)/t11-/m0/s1. The Morgan fingerprint density at radius 2 is 2.22 bits per heavy atom. The zero-order valence-corrected chi connectivity index (χ0v) is 13.0. The Morgan fingerprint density at radius 1 is 1.43 bits per heavy atom. The van der Waals surface area contributed by atoms with Gasteiger partial charge in [-0.2, -0.15) is 0 Å². The number of hydrogen-bond donors (Lipinski definition) is 2. The molecule has 1 saturated heterocycles. The molecular weight excluding hydrogens is 300 g/mol. The smallest absolute Gasteiger partial charge is 0.414 e. The lowest BCUT2D eigenvalue weighted by Gasteiger charge is -2.13. The number of carbonyl (C=O) groups is 2. The number of H-pyrrole nitrogens is 1. The molecule has 1 atom stereocenters. The van der Waals surface area contributed by atoms with Gasteiger partial charge in [-0.15, -0.1) is 0 Å². The van der Waals surface area contributed by atoms with E-state index >= 15 is 0 Å². The number of amides is 2. The highest BCUT2D eigenvalue weighted by Gasteiger charge is 2.32. The van der Waals surface area contributed by atoms with Gasteiger partial charge in [0.15, 0.2) is 0 Å². The second kappa shape index (κ2) is 5.79. The fourth-order valence-electron chi connectivity index (χ4n) is 2.73. The van der Waals surface area contributed by atoms with Crippen LogP contribution in [0.1, 0.15) is 13.8 Å². The molecular formula is C15H18N4O4. The van der Waals surface area contributed by atoms with Gasteiger partial charge in [0.25, 0.3) is 0 Å². The van der Waals surface area contributed by atoms with Crippen LogP contribution in [0.15, 0.2) is 23.0 Å². The van der Waals surface area contributed by atoms with Gasteiger partial charge in [0.05, 0.1) is 24.1 Å². The molecule has 0 unspecified atom stereocenters. The first-order valence-electron chi connectivity index (χ1n) is 7.44. The Kier molecular flexibility index (Phi) is 3.81. The molecule has 0 radical (unpaired) electrons. The first kappa shape index (κ1) is 15.1. The van der Waals surface area contributed by atoms with Crippen molar-refractivity contribution in [1.82, 2.24) is 14.9 Å². The predicted molar refractivity (Wildman–Crippen MR) is 84.5 cm³/mol. The van der Waals surface area contributed by atoms with Crippen molar-refractivity contribution >= 4 is 28.7 Å². The number of hydrogen-bond acceptors (Lipinski definition) is 4. The van der Waals surface area contributed by atoms with Gasteiger partial charge < -0.3 is 15.0 Å². The number of rotatable bonds is 4. The van der Waals surface area contributed by atoms with E-state index in [0.29, 0.717) is 24.3 Å². The predicted octanol–water partition coefficient (Wildman–Crippen LogP) is 0.811. The molecule has 0 bridgehead atoms. The molecule has 3 rings (SSSR count). The quantitative estimate of drug-likeness (QED) is 0.872. The number of carbonyl (C=O) groups excluding carboxylic acids is 2. The number of aryl methyl sites for hydroxylation is 1. The summed E-state index contributed by atoms with van der Waals surface area (Å²) in [5.41, 5.74) is 1.94. The van der Waals surface area contributed by atoms with E-state index in [9.17, 15) is 14.4 Å². The van der Waals surface area contributed by atoms with Crippen molar-refractivity contribution in [2.45, 2.75) is 26.5 Å². The van der Waals surface area contributed by atoms with E-state index in [1.165, 1.54) is 11.8 Å². The first-order valence-corrected chi connectivity index (χ1v) is 7.44. The van der Waals surface area contributed by atoms with E-state index in [-0.39, 0.29) is 24.2 Å². The summed E-state index contributed by atoms with van der Waals surface area (Å²) in [6.07, 6.45) is -0.849.